The zero-order chi connectivity index (χ0) is 29.6. The highest BCUT2D eigenvalue weighted by Crippen LogP contribution is 2.37. The lowest BCUT2D eigenvalue weighted by molar-refractivity contribution is 1.17. The molecule has 4 aromatic carbocycles. The minimum Gasteiger partial charge on any atom is -0.293 e. The van der Waals surface area contributed by atoms with Crippen molar-refractivity contribution in [3.8, 4) is 22.3 Å². The number of fused-ring (bicyclic) bond motifs is 1. The molecular weight excluding hydrogens is 506 g/mol. The maximum absolute atomic E-state index is 4.48. The molecule has 0 amide bonds. The van der Waals surface area contributed by atoms with E-state index < -0.39 is 0 Å². The van der Waals surface area contributed by atoms with E-state index in [4.69, 9.17) is 0 Å². The van der Waals surface area contributed by atoms with Crippen LogP contribution in [0.3, 0.4) is 0 Å². The molecule has 1 nitrogen and oxygen atoms in total. The van der Waals surface area contributed by atoms with Gasteiger partial charge in [-0.2, -0.15) is 0 Å². The number of aliphatic imine (C=N–C) groups is 1. The third kappa shape index (κ3) is 5.92. The molecule has 0 unspecified atom stereocenters. The number of benzene rings is 4. The van der Waals surface area contributed by atoms with Gasteiger partial charge in [0, 0.05) is 12.8 Å². The third-order valence-corrected chi connectivity index (χ3v) is 8.47. The van der Waals surface area contributed by atoms with Gasteiger partial charge >= 0.3 is 0 Å². The van der Waals surface area contributed by atoms with E-state index in [0.29, 0.717) is 0 Å². The molecule has 5 rings (SSSR count). The minimum absolute atomic E-state index is 1.03. The molecule has 210 valence electrons. The van der Waals surface area contributed by atoms with Gasteiger partial charge in [0.2, 0.25) is 0 Å². The topological polar surface area (TPSA) is 12.4 Å². The number of rotatable bonds is 7. The van der Waals surface area contributed by atoms with E-state index in [1.54, 1.807) is 0 Å². The summed E-state index contributed by atoms with van der Waals surface area (Å²) in [5.41, 5.74) is 18.0. The Morgan fingerprint density at radius 3 is 1.95 bits per heavy atom. The van der Waals surface area contributed by atoms with Gasteiger partial charge in [-0.3, -0.25) is 4.99 Å². The maximum Gasteiger partial charge on any atom is 0.0386 e. The van der Waals surface area contributed by atoms with Gasteiger partial charge in [-0.1, -0.05) is 103 Å². The van der Waals surface area contributed by atoms with Crippen LogP contribution in [-0.4, -0.2) is 12.8 Å². The summed E-state index contributed by atoms with van der Waals surface area (Å²) >= 11 is 0. The Morgan fingerprint density at radius 2 is 1.33 bits per heavy atom. The fourth-order valence-corrected chi connectivity index (χ4v) is 6.10. The molecule has 0 radical (unpaired) electrons. The van der Waals surface area contributed by atoms with Crippen LogP contribution in [0.25, 0.3) is 33.4 Å². The molecular formula is C41H41N. The van der Waals surface area contributed by atoms with Crippen LogP contribution < -0.4 is 0 Å². The number of hydrogen-bond donors (Lipinski definition) is 0. The summed E-state index contributed by atoms with van der Waals surface area (Å²) < 4.78 is 0. The van der Waals surface area contributed by atoms with Crippen LogP contribution >= 0.6 is 0 Å². The quantitative estimate of drug-likeness (QED) is 0.161. The van der Waals surface area contributed by atoms with Crippen molar-refractivity contribution in [1.29, 1.82) is 0 Å². The van der Waals surface area contributed by atoms with Crippen molar-refractivity contribution < 1.29 is 0 Å². The van der Waals surface area contributed by atoms with E-state index in [9.17, 15) is 0 Å². The Kier molecular flexibility index (Phi) is 8.98. The molecule has 0 fully saturated rings. The second kappa shape index (κ2) is 13.0. The summed E-state index contributed by atoms with van der Waals surface area (Å²) in [6.45, 7) is 10.6. The second-order valence-electron chi connectivity index (χ2n) is 11.0. The Bertz CT molecular complexity index is 1730. The largest absolute Gasteiger partial charge is 0.293 e. The van der Waals surface area contributed by atoms with Gasteiger partial charge in [0.15, 0.2) is 0 Å². The van der Waals surface area contributed by atoms with Gasteiger partial charge in [-0.25, -0.2) is 0 Å². The monoisotopic (exact) mass is 547 g/mol. The third-order valence-electron chi connectivity index (χ3n) is 8.47. The molecule has 1 aliphatic carbocycles. The van der Waals surface area contributed by atoms with Crippen molar-refractivity contribution in [3.05, 3.63) is 154 Å². The average Bonchev–Trinajstić information content (AvgIpc) is 3.46. The van der Waals surface area contributed by atoms with Crippen LogP contribution in [0.2, 0.25) is 0 Å². The predicted octanol–water partition coefficient (Wildman–Crippen LogP) is 10.9. The molecule has 0 heterocycles. The molecule has 4 aromatic rings. The molecule has 42 heavy (non-hydrogen) atoms. The molecule has 1 heteroatoms. The smallest absolute Gasteiger partial charge is 0.0386 e. The first-order valence-corrected chi connectivity index (χ1v) is 15.0. The first kappa shape index (κ1) is 29.0. The Balaban J connectivity index is 1.53. The first-order valence-electron chi connectivity index (χ1n) is 15.0. The molecule has 0 saturated heterocycles. The van der Waals surface area contributed by atoms with Crippen LogP contribution in [0.4, 0.5) is 0 Å². The SMILES string of the molecule is C/C=C\C(=C1Cc2ccccc2C1)c1cccc(-c2ccc(-c3cc(C(C)=NC)cc(C(/C=C\C)=C/C)c3)cc2)c1C. The van der Waals surface area contributed by atoms with E-state index in [2.05, 4.69) is 155 Å². The van der Waals surface area contributed by atoms with Crippen molar-refractivity contribution in [3.63, 3.8) is 0 Å². The van der Waals surface area contributed by atoms with Crippen LogP contribution in [0.1, 0.15) is 61.1 Å². The van der Waals surface area contributed by atoms with Crippen LogP contribution in [0, 0.1) is 6.92 Å². The first-order chi connectivity index (χ1) is 20.5. The molecule has 1 aliphatic rings. The van der Waals surface area contributed by atoms with Crippen molar-refractivity contribution in [2.24, 2.45) is 4.99 Å². The summed E-state index contributed by atoms with van der Waals surface area (Å²) in [4.78, 5) is 4.48. The molecule has 0 spiro atoms. The van der Waals surface area contributed by atoms with Crippen LogP contribution in [0.15, 0.2) is 126 Å². The van der Waals surface area contributed by atoms with E-state index in [0.717, 1.165) is 24.1 Å². The van der Waals surface area contributed by atoms with Crippen molar-refractivity contribution >= 4 is 16.9 Å². The van der Waals surface area contributed by atoms with Crippen LogP contribution in [-0.2, 0) is 12.8 Å². The summed E-state index contributed by atoms with van der Waals surface area (Å²) in [6, 6.07) is 31.4. The van der Waals surface area contributed by atoms with Crippen molar-refractivity contribution in [2.45, 2.75) is 47.5 Å². The Hall–Kier alpha value is -4.49. The minimum atomic E-state index is 1.03. The van der Waals surface area contributed by atoms with Gasteiger partial charge in [0.05, 0.1) is 0 Å². The van der Waals surface area contributed by atoms with Gasteiger partial charge in [0.25, 0.3) is 0 Å². The van der Waals surface area contributed by atoms with E-state index in [1.165, 1.54) is 66.8 Å². The summed E-state index contributed by atoms with van der Waals surface area (Å²) in [5.74, 6) is 0. The second-order valence-corrected chi connectivity index (χ2v) is 11.0. The van der Waals surface area contributed by atoms with Gasteiger partial charge in [-0.15, -0.1) is 0 Å². The lowest BCUT2D eigenvalue weighted by Gasteiger charge is -2.16. The van der Waals surface area contributed by atoms with Gasteiger partial charge in [0.1, 0.15) is 0 Å². The van der Waals surface area contributed by atoms with E-state index >= 15 is 0 Å². The fraction of sp³-hybridized carbons (Fsp3) is 0.195. The molecule has 0 atom stereocenters. The molecule has 0 aromatic heterocycles. The predicted molar refractivity (Wildman–Crippen MR) is 184 cm³/mol. The van der Waals surface area contributed by atoms with Crippen molar-refractivity contribution in [1.82, 2.24) is 0 Å². The molecule has 0 aliphatic heterocycles. The zero-order valence-electron chi connectivity index (χ0n) is 25.8. The fourth-order valence-electron chi connectivity index (χ4n) is 6.10. The van der Waals surface area contributed by atoms with E-state index in [-0.39, 0.29) is 0 Å². The molecule has 0 bridgehead atoms. The molecule has 0 saturated carbocycles. The van der Waals surface area contributed by atoms with Crippen LogP contribution in [0.5, 0.6) is 0 Å². The zero-order valence-corrected chi connectivity index (χ0v) is 25.8. The highest BCUT2D eigenvalue weighted by Gasteiger charge is 2.20. The number of hydrogen-bond acceptors (Lipinski definition) is 1. The van der Waals surface area contributed by atoms with Gasteiger partial charge in [-0.05, 0) is 132 Å². The van der Waals surface area contributed by atoms with E-state index in [1.807, 2.05) is 7.05 Å². The normalized spacial score (nSPS) is 13.8. The average molecular weight is 548 g/mol. The lowest BCUT2D eigenvalue weighted by Crippen LogP contribution is -1.97. The maximum atomic E-state index is 4.48. The highest BCUT2D eigenvalue weighted by molar-refractivity contribution is 6.01. The van der Waals surface area contributed by atoms with Gasteiger partial charge < -0.3 is 0 Å². The summed E-state index contributed by atoms with van der Waals surface area (Å²) in [7, 11) is 1.86. The standard InChI is InChI=1S/C41H41N/c1-7-13-30(9-3)36-25-35(29(5)42-6)26-37(27-36)31-19-21-32(22-20-31)39-17-12-18-40(28(39)4)41(14-8-2)38-23-33-15-10-11-16-34(33)24-38/h7-22,25-27H,23-24H2,1-6H3/b13-7-,14-8-,30-9+,42-29?. The number of nitrogens with zero attached hydrogens (tertiary/aromatic N) is 1. The molecule has 0 N–H and O–H groups in total. The summed E-state index contributed by atoms with van der Waals surface area (Å²) in [5, 5.41) is 0. The highest BCUT2D eigenvalue weighted by atomic mass is 14.7. The summed E-state index contributed by atoms with van der Waals surface area (Å²) in [6.07, 6.45) is 13.0. The Morgan fingerprint density at radius 1 is 0.690 bits per heavy atom. The lowest BCUT2D eigenvalue weighted by atomic mass is 9.88. The number of allylic oxidation sites excluding steroid dienone is 8. The Labute approximate surface area is 252 Å². The van der Waals surface area contributed by atoms with Crippen molar-refractivity contribution in [2.75, 3.05) is 7.05 Å².